The molecule has 0 aliphatic rings. The molecule has 0 saturated heterocycles. The number of amides is 1. The fourth-order valence-electron chi connectivity index (χ4n) is 2.86. The number of methoxy groups -OCH3 is 1. The van der Waals surface area contributed by atoms with Crippen molar-refractivity contribution in [1.29, 1.82) is 0 Å². The monoisotopic (exact) mass is 466 g/mol. The van der Waals surface area contributed by atoms with Gasteiger partial charge in [0.1, 0.15) is 37.1 Å². The van der Waals surface area contributed by atoms with Crippen LogP contribution < -0.4 is 24.8 Å². The molecular weight excluding hydrogens is 440 g/mol. The highest BCUT2D eigenvalue weighted by atomic mass is 32.1. The first-order valence-corrected chi connectivity index (χ1v) is 10.8. The van der Waals surface area contributed by atoms with E-state index in [9.17, 15) is 4.79 Å². The van der Waals surface area contributed by atoms with Crippen LogP contribution in [0.25, 0.3) is 0 Å². The fourth-order valence-corrected chi connectivity index (χ4v) is 3.07. The Balaban J connectivity index is 1.54. The van der Waals surface area contributed by atoms with E-state index in [0.29, 0.717) is 49.2 Å². The average Bonchev–Trinajstić information content (AvgIpc) is 2.84. The highest BCUT2D eigenvalue weighted by molar-refractivity contribution is 7.80. The van der Waals surface area contributed by atoms with E-state index in [0.717, 1.165) is 5.75 Å². The Labute approximate surface area is 198 Å². The molecule has 8 heteroatoms. The second-order valence-electron chi connectivity index (χ2n) is 6.75. The Kier molecular flexibility index (Phi) is 9.50. The van der Waals surface area contributed by atoms with Gasteiger partial charge in [0.2, 0.25) is 0 Å². The maximum Gasteiger partial charge on any atom is 0.261 e. The summed E-state index contributed by atoms with van der Waals surface area (Å²) in [6.45, 7) is 1.49. The lowest BCUT2D eigenvalue weighted by molar-refractivity contribution is 0.0970. The van der Waals surface area contributed by atoms with Gasteiger partial charge in [0.15, 0.2) is 5.11 Å². The van der Waals surface area contributed by atoms with Gasteiger partial charge in [-0.05, 0) is 48.6 Å². The minimum Gasteiger partial charge on any atom is -0.490 e. The van der Waals surface area contributed by atoms with Crippen molar-refractivity contribution in [2.45, 2.75) is 0 Å². The van der Waals surface area contributed by atoms with Gasteiger partial charge >= 0.3 is 0 Å². The summed E-state index contributed by atoms with van der Waals surface area (Å²) in [4.78, 5) is 12.7. The van der Waals surface area contributed by atoms with Crippen LogP contribution >= 0.6 is 12.2 Å². The number of ether oxygens (including phenoxy) is 4. The molecule has 0 aromatic heterocycles. The van der Waals surface area contributed by atoms with Crippen molar-refractivity contribution in [2.24, 2.45) is 0 Å². The predicted molar refractivity (Wildman–Crippen MR) is 131 cm³/mol. The van der Waals surface area contributed by atoms with E-state index >= 15 is 0 Å². The first-order valence-electron chi connectivity index (χ1n) is 10.4. The summed E-state index contributed by atoms with van der Waals surface area (Å²) in [6.07, 6.45) is 0. The topological polar surface area (TPSA) is 78.1 Å². The summed E-state index contributed by atoms with van der Waals surface area (Å²) >= 11 is 5.34. The molecule has 7 nitrogen and oxygen atoms in total. The predicted octanol–water partition coefficient (Wildman–Crippen LogP) is 4.30. The van der Waals surface area contributed by atoms with Crippen LogP contribution in [0.4, 0.5) is 5.69 Å². The third-order valence-electron chi connectivity index (χ3n) is 4.39. The minimum atomic E-state index is -0.379. The molecule has 172 valence electrons. The van der Waals surface area contributed by atoms with Gasteiger partial charge in [0.05, 0.1) is 17.9 Å². The van der Waals surface area contributed by atoms with Gasteiger partial charge in [-0.25, -0.2) is 0 Å². The average molecular weight is 467 g/mol. The van der Waals surface area contributed by atoms with Gasteiger partial charge < -0.3 is 24.3 Å². The summed E-state index contributed by atoms with van der Waals surface area (Å²) < 4.78 is 22.1. The standard InChI is InChI=1S/C25H26N2O5S/c1-29-15-16-31-22-13-7-5-11-20(22)24(28)27-25(33)26-21-12-6-8-14-23(21)32-18-17-30-19-9-3-2-4-10-19/h2-14H,15-18H2,1H3,(H2,26,27,28,33). The lowest BCUT2D eigenvalue weighted by Crippen LogP contribution is -2.34. The number of anilines is 1. The molecule has 33 heavy (non-hydrogen) atoms. The molecule has 0 saturated carbocycles. The number of nitrogens with one attached hydrogen (secondary N) is 2. The smallest absolute Gasteiger partial charge is 0.261 e. The van der Waals surface area contributed by atoms with Crippen LogP contribution in [0.3, 0.4) is 0 Å². The van der Waals surface area contributed by atoms with E-state index in [1.54, 1.807) is 31.4 Å². The van der Waals surface area contributed by atoms with Crippen molar-refractivity contribution in [3.05, 3.63) is 84.4 Å². The van der Waals surface area contributed by atoms with Crippen LogP contribution in [0.1, 0.15) is 10.4 Å². The molecule has 0 bridgehead atoms. The fraction of sp³-hybridized carbons (Fsp3) is 0.200. The maximum absolute atomic E-state index is 12.7. The van der Waals surface area contributed by atoms with Crippen molar-refractivity contribution in [2.75, 3.05) is 38.9 Å². The third-order valence-corrected chi connectivity index (χ3v) is 4.60. The molecule has 0 radical (unpaired) electrons. The van der Waals surface area contributed by atoms with E-state index < -0.39 is 0 Å². The van der Waals surface area contributed by atoms with Gasteiger partial charge in [-0.3, -0.25) is 10.1 Å². The zero-order valence-corrected chi connectivity index (χ0v) is 19.1. The summed E-state index contributed by atoms with van der Waals surface area (Å²) in [5.74, 6) is 1.45. The molecule has 0 atom stereocenters. The summed E-state index contributed by atoms with van der Waals surface area (Å²) in [6, 6.07) is 23.8. The van der Waals surface area contributed by atoms with E-state index in [2.05, 4.69) is 10.6 Å². The third kappa shape index (κ3) is 7.78. The van der Waals surface area contributed by atoms with E-state index in [4.69, 9.17) is 31.2 Å². The largest absolute Gasteiger partial charge is 0.490 e. The van der Waals surface area contributed by atoms with Crippen molar-refractivity contribution in [3.63, 3.8) is 0 Å². The number of para-hydroxylation sites is 4. The van der Waals surface area contributed by atoms with Gasteiger partial charge in [0, 0.05) is 7.11 Å². The lowest BCUT2D eigenvalue weighted by Gasteiger charge is -2.15. The molecule has 0 aliphatic heterocycles. The highest BCUT2D eigenvalue weighted by Crippen LogP contribution is 2.24. The minimum absolute atomic E-state index is 0.142. The zero-order chi connectivity index (χ0) is 23.3. The molecule has 0 spiro atoms. The number of hydrogen-bond donors (Lipinski definition) is 2. The van der Waals surface area contributed by atoms with Crippen molar-refractivity contribution < 1.29 is 23.7 Å². The number of hydrogen-bond acceptors (Lipinski definition) is 6. The van der Waals surface area contributed by atoms with E-state index in [1.807, 2.05) is 54.6 Å². The van der Waals surface area contributed by atoms with Crippen LogP contribution in [-0.2, 0) is 4.74 Å². The van der Waals surface area contributed by atoms with Gasteiger partial charge in [0.25, 0.3) is 5.91 Å². The molecule has 2 N–H and O–H groups in total. The van der Waals surface area contributed by atoms with Crippen molar-refractivity contribution >= 4 is 28.9 Å². The second-order valence-corrected chi connectivity index (χ2v) is 7.16. The molecule has 0 aliphatic carbocycles. The summed E-state index contributed by atoms with van der Waals surface area (Å²) in [5.41, 5.74) is 1.01. The van der Waals surface area contributed by atoms with E-state index in [1.165, 1.54) is 0 Å². The Morgan fingerprint density at radius 3 is 2.15 bits per heavy atom. The Bertz CT molecular complexity index is 1050. The van der Waals surface area contributed by atoms with Crippen molar-refractivity contribution in [3.8, 4) is 17.2 Å². The first kappa shape index (κ1) is 24.0. The van der Waals surface area contributed by atoms with Crippen molar-refractivity contribution in [1.82, 2.24) is 5.32 Å². The molecule has 3 aromatic rings. The van der Waals surface area contributed by atoms with Crippen LogP contribution in [-0.4, -0.2) is 44.6 Å². The SMILES string of the molecule is COCCOc1ccccc1C(=O)NC(=S)Nc1ccccc1OCCOc1ccccc1. The first-order chi connectivity index (χ1) is 16.2. The summed E-state index contributed by atoms with van der Waals surface area (Å²) in [5, 5.41) is 5.84. The number of carbonyl (C=O) groups excluding carboxylic acids is 1. The molecule has 0 heterocycles. The number of thiocarbonyl (C=S) groups is 1. The number of rotatable bonds is 11. The van der Waals surface area contributed by atoms with Crippen LogP contribution in [0, 0.1) is 0 Å². The summed E-state index contributed by atoms with van der Waals surface area (Å²) in [7, 11) is 1.59. The van der Waals surface area contributed by atoms with Gasteiger partial charge in [-0.2, -0.15) is 0 Å². The molecule has 0 unspecified atom stereocenters. The lowest BCUT2D eigenvalue weighted by atomic mass is 10.2. The normalized spacial score (nSPS) is 10.2. The van der Waals surface area contributed by atoms with E-state index in [-0.39, 0.29) is 11.0 Å². The molecular formula is C25H26N2O5S. The quantitative estimate of drug-likeness (QED) is 0.322. The van der Waals surface area contributed by atoms with Crippen LogP contribution in [0.5, 0.6) is 17.2 Å². The highest BCUT2D eigenvalue weighted by Gasteiger charge is 2.14. The van der Waals surface area contributed by atoms with Crippen LogP contribution in [0.15, 0.2) is 78.9 Å². The van der Waals surface area contributed by atoms with Crippen LogP contribution in [0.2, 0.25) is 0 Å². The molecule has 1 amide bonds. The second kappa shape index (κ2) is 13.0. The Morgan fingerprint density at radius 1 is 0.758 bits per heavy atom. The molecule has 3 rings (SSSR count). The number of benzene rings is 3. The maximum atomic E-state index is 12.7. The Hall–Kier alpha value is -3.62. The van der Waals surface area contributed by atoms with Gasteiger partial charge in [-0.1, -0.05) is 42.5 Å². The number of carbonyl (C=O) groups is 1. The molecule has 0 fully saturated rings. The van der Waals surface area contributed by atoms with Gasteiger partial charge in [-0.15, -0.1) is 0 Å². The zero-order valence-electron chi connectivity index (χ0n) is 18.3. The Morgan fingerprint density at radius 2 is 1.36 bits per heavy atom. The molecule has 3 aromatic carbocycles.